The van der Waals surface area contributed by atoms with E-state index in [1.807, 2.05) is 12.1 Å². The van der Waals surface area contributed by atoms with Crippen LogP contribution in [0.3, 0.4) is 0 Å². The normalized spacial score (nSPS) is 10.1. The van der Waals surface area contributed by atoms with E-state index in [1.165, 1.54) is 12.4 Å². The Morgan fingerprint density at radius 1 is 1.50 bits per heavy atom. The number of nitrogens with one attached hydrogen (secondary N) is 2. The summed E-state index contributed by atoms with van der Waals surface area (Å²) >= 11 is 6.10. The molecule has 1 aromatic heterocycles. The monoisotopic (exact) mass is 265 g/mol. The lowest BCUT2D eigenvalue weighted by Crippen LogP contribution is -2.09. The van der Waals surface area contributed by atoms with Crippen molar-refractivity contribution in [3.8, 4) is 5.75 Å². The Morgan fingerprint density at radius 3 is 3.06 bits per heavy atom. The van der Waals surface area contributed by atoms with E-state index < -0.39 is 0 Å². The summed E-state index contributed by atoms with van der Waals surface area (Å²) in [6, 6.07) is 6.81. The van der Waals surface area contributed by atoms with Gasteiger partial charge in [-0.2, -0.15) is 0 Å². The minimum Gasteiger partial charge on any atom is -0.496 e. The highest BCUT2D eigenvalue weighted by Crippen LogP contribution is 2.26. The van der Waals surface area contributed by atoms with Crippen LogP contribution < -0.4 is 15.6 Å². The number of ether oxygens (including phenoxy) is 1. The molecule has 0 aliphatic carbocycles. The summed E-state index contributed by atoms with van der Waals surface area (Å²) in [5, 5.41) is 3.63. The maximum Gasteiger partial charge on any atom is 0.252 e. The fourth-order valence-corrected chi connectivity index (χ4v) is 1.78. The number of rotatable bonds is 4. The molecule has 6 heteroatoms. The second-order valence-electron chi connectivity index (χ2n) is 3.57. The highest BCUT2D eigenvalue weighted by atomic mass is 35.5. The van der Waals surface area contributed by atoms with E-state index in [2.05, 4.69) is 15.3 Å². The van der Waals surface area contributed by atoms with Crippen molar-refractivity contribution >= 4 is 17.4 Å². The molecule has 2 aromatic rings. The number of H-pyrrole nitrogens is 1. The minimum absolute atomic E-state index is 0.210. The van der Waals surface area contributed by atoms with Gasteiger partial charge in [-0.1, -0.05) is 17.7 Å². The fraction of sp³-hybridized carbons (Fsp3) is 0.167. The molecule has 0 saturated heterocycles. The van der Waals surface area contributed by atoms with Crippen LogP contribution in [0.1, 0.15) is 5.56 Å². The van der Waals surface area contributed by atoms with Gasteiger partial charge in [0, 0.05) is 23.2 Å². The van der Waals surface area contributed by atoms with Crippen molar-refractivity contribution in [2.45, 2.75) is 6.54 Å². The van der Waals surface area contributed by atoms with Crippen LogP contribution in [0.5, 0.6) is 5.75 Å². The molecule has 2 rings (SSSR count). The zero-order chi connectivity index (χ0) is 13.0. The standard InChI is InChI=1S/C12H12ClN3O2/c1-18-10-4-2-3-9(13)8(10)6-14-11-5-12(17)16-7-15-11/h2-5,7H,6H2,1H3,(H2,14,15,16,17). The number of benzene rings is 1. The van der Waals surface area contributed by atoms with Gasteiger partial charge < -0.3 is 15.0 Å². The number of hydrogen-bond donors (Lipinski definition) is 2. The average molecular weight is 266 g/mol. The van der Waals surface area contributed by atoms with Crippen molar-refractivity contribution in [3.63, 3.8) is 0 Å². The number of halogens is 1. The molecule has 0 saturated carbocycles. The maximum atomic E-state index is 11.1. The molecule has 0 amide bonds. The van der Waals surface area contributed by atoms with Gasteiger partial charge >= 0.3 is 0 Å². The van der Waals surface area contributed by atoms with Crippen LogP contribution in [-0.2, 0) is 6.54 Å². The Kier molecular flexibility index (Phi) is 3.84. The molecule has 1 aromatic carbocycles. The summed E-state index contributed by atoms with van der Waals surface area (Å²) in [6.45, 7) is 0.430. The topological polar surface area (TPSA) is 67.0 Å². The lowest BCUT2D eigenvalue weighted by molar-refractivity contribution is 0.410. The van der Waals surface area contributed by atoms with Crippen LogP contribution in [0, 0.1) is 0 Å². The Hall–Kier alpha value is -2.01. The SMILES string of the molecule is COc1cccc(Cl)c1CNc1cc(=O)[nH]cn1. The number of methoxy groups -OCH3 is 1. The van der Waals surface area contributed by atoms with Crippen molar-refractivity contribution in [3.05, 3.63) is 51.5 Å². The van der Waals surface area contributed by atoms with Crippen molar-refractivity contribution < 1.29 is 4.74 Å². The molecule has 0 radical (unpaired) electrons. The molecule has 94 valence electrons. The number of hydrogen-bond acceptors (Lipinski definition) is 4. The van der Waals surface area contributed by atoms with Gasteiger partial charge in [0.05, 0.1) is 13.4 Å². The minimum atomic E-state index is -0.210. The molecule has 0 unspecified atom stereocenters. The van der Waals surface area contributed by atoms with Crippen LogP contribution in [-0.4, -0.2) is 17.1 Å². The third kappa shape index (κ3) is 2.81. The van der Waals surface area contributed by atoms with E-state index in [-0.39, 0.29) is 5.56 Å². The first kappa shape index (κ1) is 12.4. The highest BCUT2D eigenvalue weighted by molar-refractivity contribution is 6.31. The molecule has 0 fully saturated rings. The van der Waals surface area contributed by atoms with E-state index in [1.54, 1.807) is 13.2 Å². The van der Waals surface area contributed by atoms with Gasteiger partial charge in [-0.05, 0) is 12.1 Å². The summed E-state index contributed by atoms with van der Waals surface area (Å²) in [4.78, 5) is 17.5. The average Bonchev–Trinajstić information content (AvgIpc) is 2.37. The molecule has 0 atom stereocenters. The third-order valence-electron chi connectivity index (χ3n) is 2.42. The maximum absolute atomic E-state index is 11.1. The van der Waals surface area contributed by atoms with Gasteiger partial charge in [0.2, 0.25) is 0 Å². The zero-order valence-corrected chi connectivity index (χ0v) is 10.5. The van der Waals surface area contributed by atoms with E-state index in [4.69, 9.17) is 16.3 Å². The van der Waals surface area contributed by atoms with Crippen LogP contribution in [0.2, 0.25) is 5.02 Å². The van der Waals surface area contributed by atoms with Crippen LogP contribution in [0.15, 0.2) is 35.4 Å². The molecular formula is C12H12ClN3O2. The summed E-state index contributed by atoms with van der Waals surface area (Å²) < 4.78 is 5.23. The molecular weight excluding hydrogens is 254 g/mol. The summed E-state index contributed by atoms with van der Waals surface area (Å²) in [6.07, 6.45) is 1.34. The smallest absolute Gasteiger partial charge is 0.252 e. The first-order chi connectivity index (χ1) is 8.70. The molecule has 0 aliphatic heterocycles. The zero-order valence-electron chi connectivity index (χ0n) is 9.74. The van der Waals surface area contributed by atoms with Crippen LogP contribution >= 0.6 is 11.6 Å². The molecule has 0 bridgehead atoms. The highest BCUT2D eigenvalue weighted by Gasteiger charge is 2.07. The largest absolute Gasteiger partial charge is 0.496 e. The van der Waals surface area contributed by atoms with Gasteiger partial charge in [-0.3, -0.25) is 4.79 Å². The fourth-order valence-electron chi connectivity index (χ4n) is 1.55. The Bertz CT molecular complexity index is 598. The summed E-state index contributed by atoms with van der Waals surface area (Å²) in [7, 11) is 1.58. The first-order valence-corrected chi connectivity index (χ1v) is 5.68. The number of nitrogens with zero attached hydrogens (tertiary/aromatic N) is 1. The van der Waals surface area contributed by atoms with Crippen molar-refractivity contribution in [1.82, 2.24) is 9.97 Å². The Balaban J connectivity index is 2.18. The van der Waals surface area contributed by atoms with Gasteiger partial charge in [-0.25, -0.2) is 4.98 Å². The van der Waals surface area contributed by atoms with E-state index in [9.17, 15) is 4.79 Å². The van der Waals surface area contributed by atoms with Crippen LogP contribution in [0.25, 0.3) is 0 Å². The second kappa shape index (κ2) is 5.55. The van der Waals surface area contributed by atoms with E-state index >= 15 is 0 Å². The van der Waals surface area contributed by atoms with Gasteiger partial charge in [0.1, 0.15) is 11.6 Å². The predicted molar refractivity (Wildman–Crippen MR) is 70.2 cm³/mol. The molecule has 1 heterocycles. The van der Waals surface area contributed by atoms with Crippen molar-refractivity contribution in [1.29, 1.82) is 0 Å². The first-order valence-electron chi connectivity index (χ1n) is 5.30. The quantitative estimate of drug-likeness (QED) is 0.888. The molecule has 0 aliphatic rings. The lowest BCUT2D eigenvalue weighted by Gasteiger charge is -2.11. The van der Waals surface area contributed by atoms with Crippen LogP contribution in [0.4, 0.5) is 5.82 Å². The summed E-state index contributed by atoms with van der Waals surface area (Å²) in [5.41, 5.74) is 0.613. The molecule has 18 heavy (non-hydrogen) atoms. The second-order valence-corrected chi connectivity index (χ2v) is 3.98. The molecule has 2 N–H and O–H groups in total. The molecule has 5 nitrogen and oxygen atoms in total. The van der Waals surface area contributed by atoms with E-state index in [0.29, 0.717) is 23.1 Å². The lowest BCUT2D eigenvalue weighted by atomic mass is 10.2. The number of aromatic amines is 1. The number of anilines is 1. The number of aromatic nitrogens is 2. The third-order valence-corrected chi connectivity index (χ3v) is 2.77. The van der Waals surface area contributed by atoms with Gasteiger partial charge in [0.25, 0.3) is 5.56 Å². The van der Waals surface area contributed by atoms with Gasteiger partial charge in [-0.15, -0.1) is 0 Å². The predicted octanol–water partition coefficient (Wildman–Crippen LogP) is 2.04. The summed E-state index contributed by atoms with van der Waals surface area (Å²) in [5.74, 6) is 1.18. The Labute approximate surface area is 109 Å². The molecule has 0 spiro atoms. The van der Waals surface area contributed by atoms with E-state index in [0.717, 1.165) is 5.56 Å². The van der Waals surface area contributed by atoms with Crippen molar-refractivity contribution in [2.75, 3.05) is 12.4 Å². The Morgan fingerprint density at radius 2 is 2.33 bits per heavy atom. The van der Waals surface area contributed by atoms with Gasteiger partial charge in [0.15, 0.2) is 0 Å². The van der Waals surface area contributed by atoms with Crippen molar-refractivity contribution in [2.24, 2.45) is 0 Å².